The molecule has 22 heavy (non-hydrogen) atoms. The Balaban J connectivity index is 1.80. The Bertz CT molecular complexity index is 530. The van der Waals surface area contributed by atoms with E-state index in [4.69, 9.17) is 10.5 Å². The molecule has 2 heterocycles. The van der Waals surface area contributed by atoms with Gasteiger partial charge in [0, 0.05) is 31.9 Å². The van der Waals surface area contributed by atoms with Crippen molar-refractivity contribution in [2.45, 2.75) is 32.9 Å². The number of amides is 3. The van der Waals surface area contributed by atoms with Crippen LogP contribution in [0.3, 0.4) is 0 Å². The van der Waals surface area contributed by atoms with Gasteiger partial charge in [0.25, 0.3) is 0 Å². The van der Waals surface area contributed by atoms with Gasteiger partial charge in [0.2, 0.25) is 11.8 Å². The molecule has 0 aliphatic carbocycles. The molecular formula is C15H22N4O3. The maximum Gasteiger partial charge on any atom is 0.317 e. The van der Waals surface area contributed by atoms with Gasteiger partial charge in [-0.3, -0.25) is 4.79 Å². The molecule has 1 aromatic heterocycles. The minimum atomic E-state index is -0.347. The molecule has 1 fully saturated rings. The second kappa shape index (κ2) is 7.11. The summed E-state index contributed by atoms with van der Waals surface area (Å²) in [6.07, 6.45) is 2.38. The lowest BCUT2D eigenvalue weighted by molar-refractivity contribution is -0.121. The van der Waals surface area contributed by atoms with Crippen molar-refractivity contribution in [1.29, 1.82) is 0 Å². The van der Waals surface area contributed by atoms with E-state index in [1.807, 2.05) is 19.9 Å². The van der Waals surface area contributed by atoms with E-state index in [0.717, 1.165) is 5.56 Å². The molecule has 7 heteroatoms. The number of nitrogens with two attached hydrogens (primary N) is 1. The number of nitrogens with zero attached hydrogens (tertiary/aromatic N) is 2. The second-order valence-corrected chi connectivity index (χ2v) is 5.66. The lowest BCUT2D eigenvalue weighted by atomic mass is 10.1. The van der Waals surface area contributed by atoms with Crippen LogP contribution in [0.25, 0.3) is 0 Å². The van der Waals surface area contributed by atoms with Crippen LogP contribution in [0.15, 0.2) is 18.3 Å². The Morgan fingerprint density at radius 1 is 1.50 bits per heavy atom. The van der Waals surface area contributed by atoms with E-state index in [1.54, 1.807) is 17.2 Å². The van der Waals surface area contributed by atoms with Crippen molar-refractivity contribution in [3.8, 4) is 5.88 Å². The highest BCUT2D eigenvalue weighted by atomic mass is 16.5. The summed E-state index contributed by atoms with van der Waals surface area (Å²) in [5.41, 5.74) is 6.14. The third-order valence-corrected chi connectivity index (χ3v) is 3.48. The molecule has 0 saturated carbocycles. The van der Waals surface area contributed by atoms with Crippen molar-refractivity contribution in [2.75, 3.05) is 13.1 Å². The van der Waals surface area contributed by atoms with Gasteiger partial charge >= 0.3 is 6.03 Å². The molecule has 1 saturated heterocycles. The van der Waals surface area contributed by atoms with E-state index < -0.39 is 0 Å². The van der Waals surface area contributed by atoms with Crippen molar-refractivity contribution in [3.05, 3.63) is 23.9 Å². The van der Waals surface area contributed by atoms with Crippen LogP contribution in [0.2, 0.25) is 0 Å². The highest BCUT2D eigenvalue weighted by molar-refractivity contribution is 5.80. The Labute approximate surface area is 129 Å². The molecule has 7 nitrogen and oxygen atoms in total. The first-order chi connectivity index (χ1) is 10.5. The largest absolute Gasteiger partial charge is 0.475 e. The first kappa shape index (κ1) is 16.1. The molecule has 0 bridgehead atoms. The summed E-state index contributed by atoms with van der Waals surface area (Å²) >= 11 is 0. The summed E-state index contributed by atoms with van der Waals surface area (Å²) in [7, 11) is 0. The number of hydrogen-bond donors (Lipinski definition) is 2. The molecule has 3 amide bonds. The number of carbonyl (C=O) groups is 2. The van der Waals surface area contributed by atoms with Gasteiger partial charge in [-0.1, -0.05) is 6.07 Å². The number of ether oxygens (including phenoxy) is 1. The molecule has 3 N–H and O–H groups in total. The fourth-order valence-corrected chi connectivity index (χ4v) is 2.29. The van der Waals surface area contributed by atoms with E-state index in [2.05, 4.69) is 10.3 Å². The minimum Gasteiger partial charge on any atom is -0.475 e. The molecule has 120 valence electrons. The average molecular weight is 306 g/mol. The van der Waals surface area contributed by atoms with Crippen molar-refractivity contribution in [1.82, 2.24) is 15.2 Å². The molecule has 0 aromatic carbocycles. The van der Waals surface area contributed by atoms with E-state index in [1.165, 1.54) is 0 Å². The van der Waals surface area contributed by atoms with Gasteiger partial charge in [-0.2, -0.15) is 0 Å². The minimum absolute atomic E-state index is 0.0754. The van der Waals surface area contributed by atoms with Crippen molar-refractivity contribution >= 4 is 11.9 Å². The third kappa shape index (κ3) is 4.34. The summed E-state index contributed by atoms with van der Waals surface area (Å²) in [5, 5.41) is 2.81. The number of hydrogen-bond acceptors (Lipinski definition) is 4. The fraction of sp³-hybridized carbons (Fsp3) is 0.533. The number of nitrogens with one attached hydrogen (secondary N) is 1. The number of rotatable bonds is 5. The lowest BCUT2D eigenvalue weighted by Crippen LogP contribution is -2.39. The van der Waals surface area contributed by atoms with Crippen LogP contribution in [-0.4, -0.2) is 41.0 Å². The maximum absolute atomic E-state index is 12.0. The summed E-state index contributed by atoms with van der Waals surface area (Å²) in [6, 6.07) is 3.45. The van der Waals surface area contributed by atoms with E-state index in [-0.39, 0.29) is 24.0 Å². The lowest BCUT2D eigenvalue weighted by Gasteiger charge is -2.17. The molecule has 0 radical (unpaired) electrons. The van der Waals surface area contributed by atoms with Crippen LogP contribution in [-0.2, 0) is 11.3 Å². The molecule has 0 spiro atoms. The molecule has 2 rings (SSSR count). The molecule has 1 unspecified atom stereocenters. The van der Waals surface area contributed by atoms with Crippen molar-refractivity contribution < 1.29 is 14.3 Å². The monoisotopic (exact) mass is 306 g/mol. The topological polar surface area (TPSA) is 97.5 Å². The molecule has 1 aromatic rings. The van der Waals surface area contributed by atoms with Gasteiger partial charge < -0.3 is 20.7 Å². The zero-order valence-corrected chi connectivity index (χ0v) is 12.9. The van der Waals surface area contributed by atoms with Gasteiger partial charge in [0.15, 0.2) is 0 Å². The maximum atomic E-state index is 12.0. The highest BCUT2D eigenvalue weighted by Crippen LogP contribution is 2.15. The predicted octanol–water partition coefficient (Wildman–Crippen LogP) is 0.886. The van der Waals surface area contributed by atoms with Crippen LogP contribution in [0, 0.1) is 5.92 Å². The third-order valence-electron chi connectivity index (χ3n) is 3.48. The first-order valence-corrected chi connectivity index (χ1v) is 7.39. The SMILES string of the molecule is CC(C)Oc1ccc(CNC(=O)N2CCC(C(N)=O)C2)cn1. The summed E-state index contributed by atoms with van der Waals surface area (Å²) < 4.78 is 5.46. The first-order valence-electron chi connectivity index (χ1n) is 7.39. The molecular weight excluding hydrogens is 284 g/mol. The quantitative estimate of drug-likeness (QED) is 0.844. The number of likely N-dealkylation sites (tertiary alicyclic amines) is 1. The van der Waals surface area contributed by atoms with Crippen molar-refractivity contribution in [3.63, 3.8) is 0 Å². The highest BCUT2D eigenvalue weighted by Gasteiger charge is 2.29. The van der Waals surface area contributed by atoms with Crippen molar-refractivity contribution in [2.24, 2.45) is 11.7 Å². The smallest absolute Gasteiger partial charge is 0.317 e. The Morgan fingerprint density at radius 2 is 2.27 bits per heavy atom. The van der Waals surface area contributed by atoms with Gasteiger partial charge in [-0.15, -0.1) is 0 Å². The number of urea groups is 1. The standard InChI is InChI=1S/C15H22N4O3/c1-10(2)22-13-4-3-11(7-17-13)8-18-15(21)19-6-5-12(9-19)14(16)20/h3-4,7,10,12H,5-6,8-9H2,1-2H3,(H2,16,20)(H,18,21). The van der Waals surface area contributed by atoms with Crippen LogP contribution in [0.1, 0.15) is 25.8 Å². The average Bonchev–Trinajstić information content (AvgIpc) is 2.96. The zero-order valence-electron chi connectivity index (χ0n) is 12.9. The summed E-state index contributed by atoms with van der Waals surface area (Å²) in [6.45, 7) is 5.20. The van der Waals surface area contributed by atoms with Gasteiger partial charge in [-0.25, -0.2) is 9.78 Å². The summed E-state index contributed by atoms with van der Waals surface area (Å²) in [5.74, 6) is -0.0194. The molecule has 1 aliphatic heterocycles. The van der Waals surface area contributed by atoms with Crippen LogP contribution in [0.5, 0.6) is 5.88 Å². The fourth-order valence-electron chi connectivity index (χ4n) is 2.29. The zero-order chi connectivity index (χ0) is 16.1. The second-order valence-electron chi connectivity index (χ2n) is 5.66. The predicted molar refractivity (Wildman–Crippen MR) is 81.1 cm³/mol. The Hall–Kier alpha value is -2.31. The van der Waals surface area contributed by atoms with Gasteiger partial charge in [-0.05, 0) is 25.8 Å². The van der Waals surface area contributed by atoms with Crippen LogP contribution >= 0.6 is 0 Å². The normalized spacial score (nSPS) is 17.6. The Morgan fingerprint density at radius 3 is 2.82 bits per heavy atom. The van der Waals surface area contributed by atoms with E-state index in [0.29, 0.717) is 31.9 Å². The number of carbonyl (C=O) groups excluding carboxylic acids is 2. The van der Waals surface area contributed by atoms with E-state index in [9.17, 15) is 9.59 Å². The van der Waals surface area contributed by atoms with Gasteiger partial charge in [0.1, 0.15) is 0 Å². The molecule has 1 aliphatic rings. The van der Waals surface area contributed by atoms with E-state index >= 15 is 0 Å². The Kier molecular flexibility index (Phi) is 5.19. The number of primary amides is 1. The molecule has 1 atom stereocenters. The van der Waals surface area contributed by atoms with Crippen LogP contribution < -0.4 is 15.8 Å². The van der Waals surface area contributed by atoms with Gasteiger partial charge in [0.05, 0.1) is 12.0 Å². The van der Waals surface area contributed by atoms with Crippen LogP contribution in [0.4, 0.5) is 4.79 Å². The number of aromatic nitrogens is 1. The number of pyridine rings is 1. The summed E-state index contributed by atoms with van der Waals surface area (Å²) in [4.78, 5) is 28.9.